The van der Waals surface area contributed by atoms with Crippen molar-refractivity contribution in [3.8, 4) is 0 Å². The zero-order chi connectivity index (χ0) is 7.28. The first-order valence-electron chi connectivity index (χ1n) is 3.03. The van der Waals surface area contributed by atoms with E-state index in [0.717, 1.165) is 6.42 Å². The van der Waals surface area contributed by atoms with Gasteiger partial charge in [-0.15, -0.1) is 0 Å². The summed E-state index contributed by atoms with van der Waals surface area (Å²) in [7, 11) is 0. The molecule has 0 spiro atoms. The number of halogens is 1. The van der Waals surface area contributed by atoms with Crippen LogP contribution < -0.4 is 34.7 Å². The van der Waals surface area contributed by atoms with Crippen molar-refractivity contribution in [2.45, 2.75) is 32.4 Å². The Bertz CT molecular complexity index is 97.7. The first-order chi connectivity index (χ1) is 4.18. The van der Waals surface area contributed by atoms with Crippen LogP contribution in [0.15, 0.2) is 0 Å². The fraction of sp³-hybridized carbons (Fsp3) is 0.833. The van der Waals surface area contributed by atoms with Crippen molar-refractivity contribution in [2.75, 3.05) is 0 Å². The summed E-state index contributed by atoms with van der Waals surface area (Å²) in [5, 5.41) is 9.72. The second-order valence-electron chi connectivity index (χ2n) is 1.93. The van der Waals surface area contributed by atoms with Crippen LogP contribution in [0.1, 0.15) is 26.2 Å². The van der Waals surface area contributed by atoms with Gasteiger partial charge in [0.1, 0.15) is 6.17 Å². The molecule has 0 aromatic carbocycles. The molecular weight excluding hydrogens is 146 g/mol. The number of aliphatic carboxylic acids is 1. The number of carbonyl (C=O) groups is 1. The molecular formula is C6H10FNaO2. The molecule has 0 aromatic rings. The van der Waals surface area contributed by atoms with E-state index in [4.69, 9.17) is 0 Å². The summed E-state index contributed by atoms with van der Waals surface area (Å²) < 4.78 is 12.1. The molecule has 0 aliphatic rings. The molecule has 0 N–H and O–H groups in total. The molecule has 4 heteroatoms. The second-order valence-corrected chi connectivity index (χ2v) is 1.93. The summed E-state index contributed by atoms with van der Waals surface area (Å²) in [5.74, 6) is -1.59. The van der Waals surface area contributed by atoms with Crippen molar-refractivity contribution in [1.29, 1.82) is 0 Å². The average molecular weight is 156 g/mol. The van der Waals surface area contributed by atoms with E-state index in [-0.39, 0.29) is 36.0 Å². The van der Waals surface area contributed by atoms with Crippen molar-refractivity contribution in [3.05, 3.63) is 0 Å². The average Bonchev–Trinajstić information content (AvgIpc) is 1.82. The predicted molar refractivity (Wildman–Crippen MR) is 29.4 cm³/mol. The Morgan fingerprint density at radius 1 is 1.70 bits per heavy atom. The number of hydrogen-bond acceptors (Lipinski definition) is 2. The Kier molecular flexibility index (Phi) is 9.78. The van der Waals surface area contributed by atoms with Crippen molar-refractivity contribution >= 4 is 5.97 Å². The smallest absolute Gasteiger partial charge is 0.547 e. The summed E-state index contributed by atoms with van der Waals surface area (Å²) in [5.41, 5.74) is 0. The standard InChI is InChI=1S/C6H11FO2.Na/c1-2-3-4-5(7)6(8)9;/h5H,2-4H2,1H3,(H,8,9);/q;+1/p-1. The normalized spacial score (nSPS) is 11.8. The van der Waals surface area contributed by atoms with Gasteiger partial charge in [-0.05, 0) is 6.42 Å². The summed E-state index contributed by atoms with van der Waals surface area (Å²) >= 11 is 0. The fourth-order valence-corrected chi connectivity index (χ4v) is 0.501. The summed E-state index contributed by atoms with van der Waals surface area (Å²) in [6.45, 7) is 1.88. The third-order valence-electron chi connectivity index (χ3n) is 1.07. The maximum atomic E-state index is 12.1. The number of alkyl halides is 1. The first-order valence-corrected chi connectivity index (χ1v) is 3.03. The molecule has 0 fully saturated rings. The van der Waals surface area contributed by atoms with Gasteiger partial charge in [-0.1, -0.05) is 19.8 Å². The Hall–Kier alpha value is 0.400. The van der Waals surface area contributed by atoms with E-state index in [1.54, 1.807) is 0 Å². The van der Waals surface area contributed by atoms with E-state index < -0.39 is 12.1 Å². The monoisotopic (exact) mass is 156 g/mol. The van der Waals surface area contributed by atoms with Gasteiger partial charge in [0.25, 0.3) is 0 Å². The van der Waals surface area contributed by atoms with Crippen molar-refractivity contribution in [1.82, 2.24) is 0 Å². The molecule has 0 amide bonds. The van der Waals surface area contributed by atoms with Gasteiger partial charge in [-0.25, -0.2) is 4.39 Å². The molecule has 0 saturated carbocycles. The van der Waals surface area contributed by atoms with Gasteiger partial charge in [0, 0.05) is 0 Å². The van der Waals surface area contributed by atoms with Crippen LogP contribution in [-0.2, 0) is 4.79 Å². The molecule has 0 aliphatic carbocycles. The largest absolute Gasteiger partial charge is 1.00 e. The maximum Gasteiger partial charge on any atom is 1.00 e. The quantitative estimate of drug-likeness (QED) is 0.414. The molecule has 2 nitrogen and oxygen atoms in total. The van der Waals surface area contributed by atoms with E-state index >= 15 is 0 Å². The maximum absolute atomic E-state index is 12.1. The van der Waals surface area contributed by atoms with Crippen LogP contribution in [0.3, 0.4) is 0 Å². The molecule has 0 rings (SSSR count). The molecule has 1 unspecified atom stereocenters. The molecule has 10 heavy (non-hydrogen) atoms. The zero-order valence-electron chi connectivity index (χ0n) is 6.39. The zero-order valence-corrected chi connectivity index (χ0v) is 8.39. The number of hydrogen-bond donors (Lipinski definition) is 0. The van der Waals surface area contributed by atoms with Gasteiger partial charge >= 0.3 is 29.6 Å². The van der Waals surface area contributed by atoms with Crippen molar-refractivity contribution in [2.24, 2.45) is 0 Å². The number of carboxylic acid groups (broad SMARTS) is 1. The van der Waals surface area contributed by atoms with Gasteiger partial charge < -0.3 is 9.90 Å². The van der Waals surface area contributed by atoms with Crippen LogP contribution in [0.2, 0.25) is 0 Å². The first kappa shape index (κ1) is 13.0. The molecule has 0 aromatic heterocycles. The van der Waals surface area contributed by atoms with Crippen LogP contribution in [0.25, 0.3) is 0 Å². The SMILES string of the molecule is CCCCC(F)C(=O)[O-].[Na+]. The number of rotatable bonds is 4. The van der Waals surface area contributed by atoms with E-state index in [1.807, 2.05) is 6.92 Å². The van der Waals surface area contributed by atoms with Gasteiger partial charge in [-0.2, -0.15) is 0 Å². The summed E-state index contributed by atoms with van der Waals surface area (Å²) in [6, 6.07) is 0. The Morgan fingerprint density at radius 3 is 2.50 bits per heavy atom. The van der Waals surface area contributed by atoms with Gasteiger partial charge in [0.2, 0.25) is 0 Å². The Labute approximate surface area is 82.1 Å². The molecule has 0 aliphatic heterocycles. The number of carboxylic acids is 1. The van der Waals surface area contributed by atoms with Crippen LogP contribution in [0, 0.1) is 0 Å². The van der Waals surface area contributed by atoms with Crippen LogP contribution >= 0.6 is 0 Å². The van der Waals surface area contributed by atoms with Gasteiger partial charge in [0.05, 0.1) is 5.97 Å². The van der Waals surface area contributed by atoms with Crippen molar-refractivity contribution < 1.29 is 43.8 Å². The molecule has 0 radical (unpaired) electrons. The Balaban J connectivity index is 0. The summed E-state index contributed by atoms with van der Waals surface area (Å²) in [6.07, 6.45) is -0.272. The third-order valence-corrected chi connectivity index (χ3v) is 1.07. The topological polar surface area (TPSA) is 40.1 Å². The van der Waals surface area contributed by atoms with Gasteiger partial charge in [-0.3, -0.25) is 0 Å². The van der Waals surface area contributed by atoms with Crippen molar-refractivity contribution in [3.63, 3.8) is 0 Å². The van der Waals surface area contributed by atoms with E-state index in [1.165, 1.54) is 0 Å². The molecule has 0 saturated heterocycles. The van der Waals surface area contributed by atoms with Crippen LogP contribution in [0.4, 0.5) is 4.39 Å². The molecule has 54 valence electrons. The van der Waals surface area contributed by atoms with E-state index in [9.17, 15) is 14.3 Å². The minimum absolute atomic E-state index is 0. The summed E-state index contributed by atoms with van der Waals surface area (Å²) in [4.78, 5) is 9.72. The minimum Gasteiger partial charge on any atom is -0.547 e. The number of unbranched alkanes of at least 4 members (excludes halogenated alkanes) is 1. The number of carbonyl (C=O) groups excluding carboxylic acids is 1. The molecule has 0 heterocycles. The molecule has 0 bridgehead atoms. The third kappa shape index (κ3) is 6.52. The van der Waals surface area contributed by atoms with Crippen LogP contribution in [-0.4, -0.2) is 12.1 Å². The van der Waals surface area contributed by atoms with E-state index in [2.05, 4.69) is 0 Å². The van der Waals surface area contributed by atoms with E-state index in [0.29, 0.717) is 6.42 Å². The minimum atomic E-state index is -1.77. The Morgan fingerprint density at radius 2 is 2.20 bits per heavy atom. The second kappa shape index (κ2) is 7.51. The molecule has 1 atom stereocenters. The fourth-order valence-electron chi connectivity index (χ4n) is 0.501. The predicted octanol–water partition coefficient (Wildman–Crippen LogP) is -2.73. The van der Waals surface area contributed by atoms with Crippen LogP contribution in [0.5, 0.6) is 0 Å². The van der Waals surface area contributed by atoms with Gasteiger partial charge in [0.15, 0.2) is 0 Å².